The second kappa shape index (κ2) is 6.80. The fourth-order valence-electron chi connectivity index (χ4n) is 1.64. The molecule has 0 atom stereocenters. The summed E-state index contributed by atoms with van der Waals surface area (Å²) in [7, 11) is 1.64. The number of rotatable bonds is 6. The number of aryl methyl sites for hydroxylation is 2. The number of hydrogen-bond donors (Lipinski definition) is 2. The van der Waals surface area contributed by atoms with Gasteiger partial charge in [-0.2, -0.15) is 0 Å². The molecule has 0 saturated heterocycles. The SMILES string of the molecule is COCCCOc1nc(C)cc(C)c1C(N)=NO. The van der Waals surface area contributed by atoms with Crippen molar-refractivity contribution in [3.8, 4) is 5.88 Å². The van der Waals surface area contributed by atoms with Crippen molar-refractivity contribution in [2.75, 3.05) is 20.3 Å². The third-order valence-corrected chi connectivity index (χ3v) is 2.41. The molecule has 0 aliphatic heterocycles. The molecule has 0 spiro atoms. The van der Waals surface area contributed by atoms with Crippen molar-refractivity contribution in [1.82, 2.24) is 4.98 Å². The summed E-state index contributed by atoms with van der Waals surface area (Å²) in [6.45, 7) is 4.81. The molecule has 0 bridgehead atoms. The van der Waals surface area contributed by atoms with Crippen molar-refractivity contribution < 1.29 is 14.7 Å². The fraction of sp³-hybridized carbons (Fsp3) is 0.500. The van der Waals surface area contributed by atoms with Crippen LogP contribution in [-0.4, -0.2) is 36.4 Å². The normalized spacial score (nSPS) is 11.6. The summed E-state index contributed by atoms with van der Waals surface area (Å²) in [6.07, 6.45) is 0.751. The summed E-state index contributed by atoms with van der Waals surface area (Å²) in [5.41, 5.74) is 7.84. The largest absolute Gasteiger partial charge is 0.477 e. The molecule has 0 fully saturated rings. The second-order valence-electron chi connectivity index (χ2n) is 3.94. The molecule has 100 valence electrons. The van der Waals surface area contributed by atoms with Crippen LogP contribution in [0.25, 0.3) is 0 Å². The Morgan fingerprint density at radius 2 is 2.17 bits per heavy atom. The van der Waals surface area contributed by atoms with Crippen LogP contribution in [0.4, 0.5) is 0 Å². The maximum atomic E-state index is 8.78. The molecule has 1 aromatic rings. The molecular formula is C12H19N3O3. The van der Waals surface area contributed by atoms with E-state index in [2.05, 4.69) is 10.1 Å². The van der Waals surface area contributed by atoms with E-state index in [4.69, 9.17) is 20.4 Å². The molecule has 1 rings (SSSR count). The van der Waals surface area contributed by atoms with E-state index in [0.29, 0.717) is 24.7 Å². The van der Waals surface area contributed by atoms with Gasteiger partial charge in [0.25, 0.3) is 0 Å². The van der Waals surface area contributed by atoms with Gasteiger partial charge in [-0.1, -0.05) is 5.16 Å². The van der Waals surface area contributed by atoms with Gasteiger partial charge in [0.05, 0.1) is 12.2 Å². The first kappa shape index (κ1) is 14.2. The molecule has 1 aromatic heterocycles. The van der Waals surface area contributed by atoms with Crippen molar-refractivity contribution in [1.29, 1.82) is 0 Å². The number of nitrogens with two attached hydrogens (primary N) is 1. The smallest absolute Gasteiger partial charge is 0.225 e. The Hall–Kier alpha value is -1.82. The number of oxime groups is 1. The lowest BCUT2D eigenvalue weighted by atomic mass is 10.1. The average molecular weight is 253 g/mol. The van der Waals surface area contributed by atoms with Crippen molar-refractivity contribution >= 4 is 5.84 Å². The van der Waals surface area contributed by atoms with Gasteiger partial charge in [0, 0.05) is 25.8 Å². The van der Waals surface area contributed by atoms with Gasteiger partial charge in [-0.15, -0.1) is 0 Å². The van der Waals surface area contributed by atoms with Crippen molar-refractivity contribution in [2.45, 2.75) is 20.3 Å². The van der Waals surface area contributed by atoms with Crippen LogP contribution in [0.2, 0.25) is 0 Å². The summed E-state index contributed by atoms with van der Waals surface area (Å²) in [6, 6.07) is 1.86. The van der Waals surface area contributed by atoms with Crippen molar-refractivity contribution in [2.24, 2.45) is 10.9 Å². The monoisotopic (exact) mass is 253 g/mol. The van der Waals surface area contributed by atoms with Crippen molar-refractivity contribution in [3.05, 3.63) is 22.9 Å². The minimum atomic E-state index is 0.00161. The highest BCUT2D eigenvalue weighted by Crippen LogP contribution is 2.20. The van der Waals surface area contributed by atoms with E-state index >= 15 is 0 Å². The fourth-order valence-corrected chi connectivity index (χ4v) is 1.64. The first-order valence-corrected chi connectivity index (χ1v) is 5.68. The van der Waals surface area contributed by atoms with Crippen LogP contribution < -0.4 is 10.5 Å². The van der Waals surface area contributed by atoms with Crippen molar-refractivity contribution in [3.63, 3.8) is 0 Å². The Labute approximate surface area is 106 Å². The van der Waals surface area contributed by atoms with Crippen LogP contribution >= 0.6 is 0 Å². The molecule has 1 heterocycles. The molecular weight excluding hydrogens is 234 g/mol. The molecule has 0 aliphatic rings. The first-order chi connectivity index (χ1) is 8.60. The summed E-state index contributed by atoms with van der Waals surface area (Å²) in [5.74, 6) is 0.389. The van der Waals surface area contributed by atoms with Gasteiger partial charge in [0.2, 0.25) is 5.88 Å². The second-order valence-corrected chi connectivity index (χ2v) is 3.94. The van der Waals surface area contributed by atoms with Gasteiger partial charge in [-0.3, -0.25) is 0 Å². The number of nitrogens with zero attached hydrogens (tertiary/aromatic N) is 2. The van der Waals surface area contributed by atoms with E-state index in [9.17, 15) is 0 Å². The molecule has 18 heavy (non-hydrogen) atoms. The standard InChI is InChI=1S/C12H19N3O3/c1-8-7-9(2)14-12(10(8)11(13)15-16)18-6-4-5-17-3/h7,16H,4-6H2,1-3H3,(H2,13,15). The highest BCUT2D eigenvalue weighted by molar-refractivity contribution is 6.00. The molecule has 6 nitrogen and oxygen atoms in total. The molecule has 6 heteroatoms. The maximum absolute atomic E-state index is 8.78. The maximum Gasteiger partial charge on any atom is 0.225 e. The number of ether oxygens (including phenoxy) is 2. The van der Waals surface area contributed by atoms with Gasteiger partial charge >= 0.3 is 0 Å². The Bertz CT molecular complexity index is 433. The highest BCUT2D eigenvalue weighted by atomic mass is 16.5. The zero-order valence-corrected chi connectivity index (χ0v) is 10.9. The number of methoxy groups -OCH3 is 1. The minimum absolute atomic E-state index is 0.00161. The Kier molecular flexibility index (Phi) is 5.38. The van der Waals surface area contributed by atoms with Crippen LogP contribution in [-0.2, 0) is 4.74 Å². The Morgan fingerprint density at radius 1 is 1.44 bits per heavy atom. The van der Waals surface area contributed by atoms with E-state index in [0.717, 1.165) is 17.7 Å². The van der Waals surface area contributed by atoms with Gasteiger partial charge in [-0.05, 0) is 25.5 Å². The number of pyridine rings is 1. The summed E-state index contributed by atoms with van der Waals surface area (Å²) in [4.78, 5) is 4.27. The van der Waals surface area contributed by atoms with Crippen LogP contribution in [0.3, 0.4) is 0 Å². The molecule has 0 amide bonds. The van der Waals surface area contributed by atoms with Crippen LogP contribution in [0.1, 0.15) is 23.2 Å². The van der Waals surface area contributed by atoms with Crippen LogP contribution in [0, 0.1) is 13.8 Å². The molecule has 0 radical (unpaired) electrons. The van der Waals surface area contributed by atoms with E-state index in [1.54, 1.807) is 7.11 Å². The molecule has 0 unspecified atom stereocenters. The number of hydrogen-bond acceptors (Lipinski definition) is 5. The van der Waals surface area contributed by atoms with Gasteiger partial charge in [0.1, 0.15) is 0 Å². The lowest BCUT2D eigenvalue weighted by molar-refractivity contribution is 0.170. The third-order valence-electron chi connectivity index (χ3n) is 2.41. The molecule has 0 aliphatic carbocycles. The lowest BCUT2D eigenvalue weighted by Crippen LogP contribution is -2.18. The average Bonchev–Trinajstić information content (AvgIpc) is 2.33. The quantitative estimate of drug-likeness (QED) is 0.261. The molecule has 3 N–H and O–H groups in total. The highest BCUT2D eigenvalue weighted by Gasteiger charge is 2.14. The van der Waals surface area contributed by atoms with Crippen LogP contribution in [0.15, 0.2) is 11.2 Å². The number of amidine groups is 1. The van der Waals surface area contributed by atoms with E-state index in [1.165, 1.54) is 0 Å². The minimum Gasteiger partial charge on any atom is -0.477 e. The number of aromatic nitrogens is 1. The van der Waals surface area contributed by atoms with Gasteiger partial charge in [0.15, 0.2) is 5.84 Å². The predicted octanol–water partition coefficient (Wildman–Crippen LogP) is 1.21. The van der Waals surface area contributed by atoms with E-state index < -0.39 is 0 Å². The Balaban J connectivity index is 2.93. The summed E-state index contributed by atoms with van der Waals surface area (Å²) < 4.78 is 10.5. The Morgan fingerprint density at radius 3 is 2.78 bits per heavy atom. The van der Waals surface area contributed by atoms with Crippen LogP contribution in [0.5, 0.6) is 5.88 Å². The first-order valence-electron chi connectivity index (χ1n) is 5.68. The third kappa shape index (κ3) is 3.59. The zero-order valence-electron chi connectivity index (χ0n) is 10.9. The summed E-state index contributed by atoms with van der Waals surface area (Å²) >= 11 is 0. The zero-order chi connectivity index (χ0) is 13.5. The molecule has 0 saturated carbocycles. The van der Waals surface area contributed by atoms with E-state index in [1.807, 2.05) is 19.9 Å². The topological polar surface area (TPSA) is 90.0 Å². The predicted molar refractivity (Wildman–Crippen MR) is 68.2 cm³/mol. The van der Waals surface area contributed by atoms with Gasteiger partial charge < -0.3 is 20.4 Å². The summed E-state index contributed by atoms with van der Waals surface area (Å²) in [5, 5.41) is 11.8. The lowest BCUT2D eigenvalue weighted by Gasteiger charge is -2.12. The molecule has 0 aromatic carbocycles. The van der Waals surface area contributed by atoms with E-state index in [-0.39, 0.29) is 5.84 Å². The van der Waals surface area contributed by atoms with Gasteiger partial charge in [-0.25, -0.2) is 4.98 Å².